The standard InChI is InChI=1S/C18H15F3N2/c1-11-5-6-14-15(17(11)22)7-8-23-16(14)10-12-3-2-4-13(9-12)18(19,20)21/h2-9H,10,22H2,1H3. The summed E-state index contributed by atoms with van der Waals surface area (Å²) in [4.78, 5) is 4.33. The van der Waals surface area contributed by atoms with E-state index >= 15 is 0 Å². The van der Waals surface area contributed by atoms with Crippen molar-refractivity contribution in [3.8, 4) is 0 Å². The second kappa shape index (κ2) is 5.57. The molecule has 0 spiro atoms. The van der Waals surface area contributed by atoms with Crippen molar-refractivity contribution in [2.24, 2.45) is 0 Å². The number of pyridine rings is 1. The molecule has 2 nitrogen and oxygen atoms in total. The van der Waals surface area contributed by atoms with Gasteiger partial charge in [-0.2, -0.15) is 13.2 Å². The molecule has 0 amide bonds. The zero-order valence-corrected chi connectivity index (χ0v) is 12.5. The van der Waals surface area contributed by atoms with Crippen LogP contribution < -0.4 is 5.73 Å². The van der Waals surface area contributed by atoms with Gasteiger partial charge in [-0.1, -0.05) is 30.3 Å². The molecule has 23 heavy (non-hydrogen) atoms. The Balaban J connectivity index is 2.04. The largest absolute Gasteiger partial charge is 0.416 e. The molecule has 0 aliphatic rings. The van der Waals surface area contributed by atoms with Crippen LogP contribution >= 0.6 is 0 Å². The number of hydrogen-bond donors (Lipinski definition) is 1. The summed E-state index contributed by atoms with van der Waals surface area (Å²) in [7, 11) is 0. The lowest BCUT2D eigenvalue weighted by atomic mass is 10.00. The zero-order valence-electron chi connectivity index (χ0n) is 12.5. The van der Waals surface area contributed by atoms with Gasteiger partial charge in [-0.25, -0.2) is 0 Å². The van der Waals surface area contributed by atoms with E-state index in [2.05, 4.69) is 4.98 Å². The van der Waals surface area contributed by atoms with Gasteiger partial charge >= 0.3 is 6.18 Å². The predicted molar refractivity (Wildman–Crippen MR) is 85.1 cm³/mol. The van der Waals surface area contributed by atoms with E-state index in [0.717, 1.165) is 28.5 Å². The van der Waals surface area contributed by atoms with Crippen LogP contribution in [0.3, 0.4) is 0 Å². The summed E-state index contributed by atoms with van der Waals surface area (Å²) < 4.78 is 38.5. The van der Waals surface area contributed by atoms with Crippen molar-refractivity contribution >= 4 is 16.5 Å². The summed E-state index contributed by atoms with van der Waals surface area (Å²) in [5, 5.41) is 1.75. The second-order valence-electron chi connectivity index (χ2n) is 5.52. The lowest BCUT2D eigenvalue weighted by Crippen LogP contribution is -2.05. The van der Waals surface area contributed by atoms with Crippen LogP contribution in [0.1, 0.15) is 22.4 Å². The van der Waals surface area contributed by atoms with Crippen LogP contribution in [0, 0.1) is 6.92 Å². The molecular weight excluding hydrogens is 301 g/mol. The predicted octanol–water partition coefficient (Wildman–Crippen LogP) is 4.74. The lowest BCUT2D eigenvalue weighted by molar-refractivity contribution is -0.137. The number of fused-ring (bicyclic) bond motifs is 1. The molecule has 3 aromatic rings. The minimum atomic E-state index is -4.34. The highest BCUT2D eigenvalue weighted by atomic mass is 19.4. The molecule has 0 saturated carbocycles. The molecule has 0 atom stereocenters. The van der Waals surface area contributed by atoms with Gasteiger partial charge in [0.1, 0.15) is 0 Å². The molecule has 118 valence electrons. The molecule has 2 N–H and O–H groups in total. The number of halogens is 3. The van der Waals surface area contributed by atoms with Gasteiger partial charge in [0, 0.05) is 29.1 Å². The molecular formula is C18H15F3N2. The fraction of sp³-hybridized carbons (Fsp3) is 0.167. The Labute approximate surface area is 131 Å². The van der Waals surface area contributed by atoms with Gasteiger partial charge < -0.3 is 5.73 Å². The van der Waals surface area contributed by atoms with Crippen LogP contribution in [0.15, 0.2) is 48.7 Å². The minimum Gasteiger partial charge on any atom is -0.398 e. The third kappa shape index (κ3) is 2.99. The molecule has 1 aromatic heterocycles. The fourth-order valence-corrected chi connectivity index (χ4v) is 2.64. The smallest absolute Gasteiger partial charge is 0.398 e. The van der Waals surface area contributed by atoms with Crippen molar-refractivity contribution in [1.29, 1.82) is 0 Å². The molecule has 3 rings (SSSR count). The van der Waals surface area contributed by atoms with E-state index < -0.39 is 11.7 Å². The van der Waals surface area contributed by atoms with Crippen LogP contribution in [0.2, 0.25) is 0 Å². The number of alkyl halides is 3. The van der Waals surface area contributed by atoms with E-state index in [9.17, 15) is 13.2 Å². The number of nitrogens with zero attached hydrogens (tertiary/aromatic N) is 1. The molecule has 0 bridgehead atoms. The highest BCUT2D eigenvalue weighted by Gasteiger charge is 2.30. The van der Waals surface area contributed by atoms with Crippen molar-refractivity contribution < 1.29 is 13.2 Å². The molecule has 0 aliphatic heterocycles. The average Bonchev–Trinajstić information content (AvgIpc) is 2.51. The maximum Gasteiger partial charge on any atom is 0.416 e. The van der Waals surface area contributed by atoms with Gasteiger partial charge in [0.05, 0.1) is 11.3 Å². The molecule has 1 heterocycles. The third-order valence-electron chi connectivity index (χ3n) is 3.91. The Morgan fingerprint density at radius 3 is 2.57 bits per heavy atom. The number of nitrogens with two attached hydrogens (primary N) is 1. The Morgan fingerprint density at radius 2 is 1.83 bits per heavy atom. The van der Waals surface area contributed by atoms with E-state index in [-0.39, 0.29) is 0 Å². The maximum atomic E-state index is 12.8. The lowest BCUT2D eigenvalue weighted by Gasteiger charge is -2.11. The highest BCUT2D eigenvalue weighted by molar-refractivity contribution is 5.95. The van der Waals surface area contributed by atoms with Crippen molar-refractivity contribution in [2.75, 3.05) is 5.73 Å². The Morgan fingerprint density at radius 1 is 1.04 bits per heavy atom. The summed E-state index contributed by atoms with van der Waals surface area (Å²) in [6.45, 7) is 1.92. The van der Waals surface area contributed by atoms with E-state index in [1.54, 1.807) is 12.3 Å². The highest BCUT2D eigenvalue weighted by Crippen LogP contribution is 2.31. The van der Waals surface area contributed by atoms with Gasteiger partial charge in [-0.15, -0.1) is 0 Å². The normalized spacial score (nSPS) is 11.8. The quantitative estimate of drug-likeness (QED) is 0.694. The van der Waals surface area contributed by atoms with Crippen LogP contribution in [0.4, 0.5) is 18.9 Å². The Hall–Kier alpha value is -2.56. The van der Waals surface area contributed by atoms with Crippen molar-refractivity contribution in [3.63, 3.8) is 0 Å². The number of hydrogen-bond acceptors (Lipinski definition) is 2. The van der Waals surface area contributed by atoms with Crippen LogP contribution in [-0.4, -0.2) is 4.98 Å². The van der Waals surface area contributed by atoms with E-state index in [4.69, 9.17) is 5.73 Å². The van der Waals surface area contributed by atoms with Gasteiger partial charge in [-0.3, -0.25) is 4.98 Å². The molecule has 0 radical (unpaired) electrons. The molecule has 5 heteroatoms. The maximum absolute atomic E-state index is 12.8. The third-order valence-corrected chi connectivity index (χ3v) is 3.91. The number of aromatic nitrogens is 1. The number of rotatable bonds is 2. The van der Waals surface area contributed by atoms with E-state index in [1.807, 2.05) is 25.1 Å². The summed E-state index contributed by atoms with van der Waals surface area (Å²) in [5.41, 5.74) is 8.36. The van der Waals surface area contributed by atoms with Crippen LogP contribution in [0.25, 0.3) is 10.8 Å². The van der Waals surface area contributed by atoms with Gasteiger partial charge in [0.15, 0.2) is 0 Å². The first-order chi connectivity index (χ1) is 10.9. The van der Waals surface area contributed by atoms with Gasteiger partial charge in [-0.05, 0) is 30.2 Å². The van der Waals surface area contributed by atoms with Gasteiger partial charge in [0.25, 0.3) is 0 Å². The summed E-state index contributed by atoms with van der Waals surface area (Å²) >= 11 is 0. The summed E-state index contributed by atoms with van der Waals surface area (Å²) in [5.74, 6) is 0. The fourth-order valence-electron chi connectivity index (χ4n) is 2.64. The number of benzene rings is 2. The first-order valence-electron chi connectivity index (χ1n) is 7.15. The molecule has 0 unspecified atom stereocenters. The molecule has 0 aliphatic carbocycles. The summed E-state index contributed by atoms with van der Waals surface area (Å²) in [6.07, 6.45) is -2.38. The monoisotopic (exact) mass is 316 g/mol. The molecule has 0 fully saturated rings. The topological polar surface area (TPSA) is 38.9 Å². The summed E-state index contributed by atoms with van der Waals surface area (Å²) in [6, 6.07) is 11.0. The number of aryl methyl sites for hydroxylation is 1. The first kappa shape index (κ1) is 15.3. The van der Waals surface area contributed by atoms with Crippen LogP contribution in [0.5, 0.6) is 0 Å². The van der Waals surface area contributed by atoms with Crippen LogP contribution in [-0.2, 0) is 12.6 Å². The number of anilines is 1. The Kier molecular flexibility index (Phi) is 3.72. The first-order valence-corrected chi connectivity index (χ1v) is 7.15. The minimum absolute atomic E-state index is 0.323. The Bertz CT molecular complexity index is 870. The SMILES string of the molecule is Cc1ccc2c(Cc3cccc(C(F)(F)F)c3)nccc2c1N. The van der Waals surface area contributed by atoms with Crippen molar-refractivity contribution in [1.82, 2.24) is 4.98 Å². The van der Waals surface area contributed by atoms with E-state index in [1.165, 1.54) is 6.07 Å². The zero-order chi connectivity index (χ0) is 16.6. The van der Waals surface area contributed by atoms with Crippen molar-refractivity contribution in [3.05, 3.63) is 71.0 Å². The molecule has 2 aromatic carbocycles. The molecule has 0 saturated heterocycles. The van der Waals surface area contributed by atoms with Gasteiger partial charge in [0.2, 0.25) is 0 Å². The second-order valence-corrected chi connectivity index (χ2v) is 5.52. The van der Waals surface area contributed by atoms with E-state index in [0.29, 0.717) is 23.4 Å². The van der Waals surface area contributed by atoms with Crippen molar-refractivity contribution in [2.45, 2.75) is 19.5 Å². The average molecular weight is 316 g/mol. The number of nitrogen functional groups attached to an aromatic ring is 1.